The van der Waals surface area contributed by atoms with Crippen molar-refractivity contribution in [2.75, 3.05) is 24.5 Å². The van der Waals surface area contributed by atoms with E-state index in [9.17, 15) is 9.90 Å². The van der Waals surface area contributed by atoms with E-state index in [0.29, 0.717) is 6.54 Å². The summed E-state index contributed by atoms with van der Waals surface area (Å²) in [5.41, 5.74) is 2.70. The molecule has 18 heavy (non-hydrogen) atoms. The molecule has 1 aliphatic rings. The molecule has 0 aliphatic carbocycles. The zero-order chi connectivity index (χ0) is 13.1. The Kier molecular flexibility index (Phi) is 3.67. The molecule has 0 aromatic heterocycles. The molecule has 1 amide bonds. The maximum absolute atomic E-state index is 12.4. The summed E-state index contributed by atoms with van der Waals surface area (Å²) in [7, 11) is 0. The number of nitrogens with zero attached hydrogens (tertiary/aromatic N) is 1. The molecule has 0 unspecified atom stereocenters. The van der Waals surface area contributed by atoms with Crippen molar-refractivity contribution in [3.05, 3.63) is 35.4 Å². The van der Waals surface area contributed by atoms with Crippen LogP contribution < -0.4 is 10.2 Å². The number of likely N-dealkylation sites (N-methyl/N-ethyl adjacent to an activating group) is 1. The highest BCUT2D eigenvalue weighted by Crippen LogP contribution is 2.22. The van der Waals surface area contributed by atoms with Crippen molar-refractivity contribution in [1.82, 2.24) is 5.32 Å². The number of hydrogen-bond donors (Lipinski definition) is 2. The second-order valence-corrected chi connectivity index (χ2v) is 4.40. The maximum atomic E-state index is 12.4. The number of benzene rings is 1. The van der Waals surface area contributed by atoms with Gasteiger partial charge in [-0.25, -0.2) is 0 Å². The lowest BCUT2D eigenvalue weighted by Gasteiger charge is -2.26. The summed E-state index contributed by atoms with van der Waals surface area (Å²) in [4.78, 5) is 14.1. The number of nitrogens with one attached hydrogen (secondary N) is 1. The van der Waals surface area contributed by atoms with Crippen LogP contribution in [0.25, 0.3) is 0 Å². The van der Waals surface area contributed by atoms with Gasteiger partial charge in [0.2, 0.25) is 0 Å². The summed E-state index contributed by atoms with van der Waals surface area (Å²) in [5, 5.41) is 12.6. The van der Waals surface area contributed by atoms with Crippen LogP contribution in [0.15, 0.2) is 35.4 Å². The molecular weight excluding hydrogens is 228 g/mol. The Labute approximate surface area is 107 Å². The van der Waals surface area contributed by atoms with E-state index in [4.69, 9.17) is 0 Å². The van der Waals surface area contributed by atoms with Crippen molar-refractivity contribution in [1.29, 1.82) is 0 Å². The molecule has 0 radical (unpaired) electrons. The number of carbonyl (C=O) groups excluding carboxylic acids is 1. The molecule has 0 atom stereocenters. The minimum atomic E-state index is 0.0135. The molecule has 1 fully saturated rings. The second-order valence-electron chi connectivity index (χ2n) is 4.40. The molecule has 4 nitrogen and oxygen atoms in total. The zero-order valence-electron chi connectivity index (χ0n) is 10.7. The van der Waals surface area contributed by atoms with Crippen LogP contribution in [0.5, 0.6) is 5.75 Å². The summed E-state index contributed by atoms with van der Waals surface area (Å²) in [6.45, 7) is 5.98. The summed E-state index contributed by atoms with van der Waals surface area (Å²) < 4.78 is 0. The van der Waals surface area contributed by atoms with Crippen LogP contribution in [0, 0.1) is 0 Å². The number of amides is 1. The van der Waals surface area contributed by atoms with Gasteiger partial charge in [0.15, 0.2) is 0 Å². The standard InChI is InChI=1S/C14H18N2O2/c1-3-16(12-5-4-6-13(17)7-12)14(18)10(2)11-8-15-9-11/h4-7,15,17H,3,8-9H2,1-2H3. The maximum Gasteiger partial charge on any atom is 0.253 e. The Bertz CT molecular complexity index is 488. The lowest BCUT2D eigenvalue weighted by molar-refractivity contribution is -0.115. The van der Waals surface area contributed by atoms with Crippen molar-refractivity contribution < 1.29 is 9.90 Å². The van der Waals surface area contributed by atoms with Crippen molar-refractivity contribution in [3.63, 3.8) is 0 Å². The van der Waals surface area contributed by atoms with Gasteiger partial charge in [-0.1, -0.05) is 6.07 Å². The van der Waals surface area contributed by atoms with Gasteiger partial charge in [-0.05, 0) is 31.6 Å². The minimum absolute atomic E-state index is 0.0135. The number of phenolic OH excluding ortho intramolecular Hbond substituents is 1. The van der Waals surface area contributed by atoms with E-state index in [1.54, 1.807) is 23.1 Å². The molecular formula is C14H18N2O2. The van der Waals surface area contributed by atoms with Gasteiger partial charge in [-0.2, -0.15) is 0 Å². The monoisotopic (exact) mass is 246 g/mol. The summed E-state index contributed by atoms with van der Waals surface area (Å²) in [5.74, 6) is 0.189. The first-order chi connectivity index (χ1) is 8.63. The van der Waals surface area contributed by atoms with Gasteiger partial charge in [0.05, 0.1) is 0 Å². The number of phenols is 1. The average Bonchev–Trinajstić information content (AvgIpc) is 2.27. The van der Waals surface area contributed by atoms with E-state index in [0.717, 1.165) is 24.4 Å². The van der Waals surface area contributed by atoms with E-state index in [-0.39, 0.29) is 11.7 Å². The highest BCUT2D eigenvalue weighted by molar-refractivity contribution is 6.05. The minimum Gasteiger partial charge on any atom is -0.508 e. The lowest BCUT2D eigenvalue weighted by Crippen LogP contribution is -2.39. The van der Waals surface area contributed by atoms with Crippen LogP contribution in [0.3, 0.4) is 0 Å². The quantitative estimate of drug-likeness (QED) is 0.798. The number of anilines is 1. The SMILES string of the molecule is CCN(C(=O)C(C)=C1CNC1)c1cccc(O)c1. The number of hydrogen-bond acceptors (Lipinski definition) is 3. The van der Waals surface area contributed by atoms with Gasteiger partial charge in [0.1, 0.15) is 5.75 Å². The molecule has 0 spiro atoms. The Hall–Kier alpha value is -1.81. The van der Waals surface area contributed by atoms with Gasteiger partial charge in [0, 0.05) is 37.0 Å². The Morgan fingerprint density at radius 2 is 2.17 bits per heavy atom. The number of carbonyl (C=O) groups is 1. The highest BCUT2D eigenvalue weighted by Gasteiger charge is 2.21. The van der Waals surface area contributed by atoms with Crippen molar-refractivity contribution in [2.45, 2.75) is 13.8 Å². The molecule has 2 N–H and O–H groups in total. The van der Waals surface area contributed by atoms with Crippen molar-refractivity contribution in [2.24, 2.45) is 0 Å². The highest BCUT2D eigenvalue weighted by atomic mass is 16.3. The molecule has 1 aromatic rings. The van der Waals surface area contributed by atoms with Crippen LogP contribution in [-0.4, -0.2) is 30.6 Å². The molecule has 0 bridgehead atoms. The zero-order valence-corrected chi connectivity index (χ0v) is 10.7. The van der Waals surface area contributed by atoms with Crippen LogP contribution in [0.2, 0.25) is 0 Å². The van der Waals surface area contributed by atoms with Crippen molar-refractivity contribution >= 4 is 11.6 Å². The van der Waals surface area contributed by atoms with E-state index in [1.807, 2.05) is 19.9 Å². The Balaban J connectivity index is 2.26. The second kappa shape index (κ2) is 5.23. The molecule has 96 valence electrons. The first-order valence-electron chi connectivity index (χ1n) is 6.13. The normalized spacial score (nSPS) is 14.0. The third kappa shape index (κ3) is 2.38. The van der Waals surface area contributed by atoms with Gasteiger partial charge >= 0.3 is 0 Å². The fourth-order valence-corrected chi connectivity index (χ4v) is 1.97. The molecule has 1 saturated heterocycles. The third-order valence-electron chi connectivity index (χ3n) is 3.23. The molecule has 1 aromatic carbocycles. The average molecular weight is 246 g/mol. The summed E-state index contributed by atoms with van der Waals surface area (Å²) >= 11 is 0. The number of aromatic hydroxyl groups is 1. The smallest absolute Gasteiger partial charge is 0.253 e. The fraction of sp³-hybridized carbons (Fsp3) is 0.357. The van der Waals surface area contributed by atoms with E-state index < -0.39 is 0 Å². The van der Waals surface area contributed by atoms with Gasteiger partial charge in [-0.15, -0.1) is 0 Å². The van der Waals surface area contributed by atoms with Crippen LogP contribution in [0.1, 0.15) is 13.8 Å². The first-order valence-corrected chi connectivity index (χ1v) is 6.13. The van der Waals surface area contributed by atoms with E-state index >= 15 is 0 Å². The molecule has 1 heterocycles. The fourth-order valence-electron chi connectivity index (χ4n) is 1.97. The molecule has 0 saturated carbocycles. The van der Waals surface area contributed by atoms with Crippen molar-refractivity contribution in [3.8, 4) is 5.75 Å². The Morgan fingerprint density at radius 1 is 1.44 bits per heavy atom. The van der Waals surface area contributed by atoms with E-state index in [2.05, 4.69) is 5.32 Å². The van der Waals surface area contributed by atoms with Crippen LogP contribution in [-0.2, 0) is 4.79 Å². The van der Waals surface area contributed by atoms with E-state index in [1.165, 1.54) is 5.57 Å². The Morgan fingerprint density at radius 3 is 2.67 bits per heavy atom. The van der Waals surface area contributed by atoms with Crippen LogP contribution in [0.4, 0.5) is 5.69 Å². The predicted octanol–water partition coefficient (Wildman–Crippen LogP) is 1.66. The predicted molar refractivity (Wildman–Crippen MR) is 71.7 cm³/mol. The molecule has 4 heteroatoms. The number of rotatable bonds is 3. The van der Waals surface area contributed by atoms with Gasteiger partial charge in [0.25, 0.3) is 5.91 Å². The topological polar surface area (TPSA) is 52.6 Å². The van der Waals surface area contributed by atoms with Crippen LogP contribution >= 0.6 is 0 Å². The molecule has 2 rings (SSSR count). The van der Waals surface area contributed by atoms with Gasteiger partial charge < -0.3 is 15.3 Å². The third-order valence-corrected chi connectivity index (χ3v) is 3.23. The van der Waals surface area contributed by atoms with Gasteiger partial charge in [-0.3, -0.25) is 4.79 Å². The lowest BCUT2D eigenvalue weighted by atomic mass is 10.0. The molecule has 1 aliphatic heterocycles. The summed E-state index contributed by atoms with van der Waals surface area (Å²) in [6.07, 6.45) is 0. The summed E-state index contributed by atoms with van der Waals surface area (Å²) in [6, 6.07) is 6.79. The first kappa shape index (κ1) is 12.6. The largest absolute Gasteiger partial charge is 0.508 e.